The molecule has 2 N–H and O–H groups in total. The molecule has 0 aromatic heterocycles. The predicted molar refractivity (Wildman–Crippen MR) is 73.3 cm³/mol. The van der Waals surface area contributed by atoms with Gasteiger partial charge in [-0.1, -0.05) is 30.3 Å². The number of aliphatic carboxylic acids is 1. The first-order valence-corrected chi connectivity index (χ1v) is 6.08. The Morgan fingerprint density at radius 1 is 1.42 bits per heavy atom. The third-order valence-electron chi connectivity index (χ3n) is 2.69. The van der Waals surface area contributed by atoms with Crippen LogP contribution < -0.4 is 5.32 Å². The maximum atomic E-state index is 11.3. The van der Waals surface area contributed by atoms with E-state index in [4.69, 9.17) is 0 Å². The van der Waals surface area contributed by atoms with Crippen molar-refractivity contribution in [2.45, 2.75) is 6.42 Å². The minimum Gasteiger partial charge on any atom is -0.476 e. The molecule has 0 atom stereocenters. The van der Waals surface area contributed by atoms with Crippen LogP contribution in [0.1, 0.15) is 12.0 Å². The van der Waals surface area contributed by atoms with Crippen LogP contribution >= 0.6 is 0 Å². The highest BCUT2D eigenvalue weighted by Crippen LogP contribution is 2.04. The van der Waals surface area contributed by atoms with Crippen molar-refractivity contribution >= 4 is 17.6 Å². The van der Waals surface area contributed by atoms with E-state index < -0.39 is 5.97 Å². The zero-order valence-corrected chi connectivity index (χ0v) is 10.7. The van der Waals surface area contributed by atoms with Crippen molar-refractivity contribution in [3.05, 3.63) is 35.9 Å². The molecule has 0 amide bonds. The van der Waals surface area contributed by atoms with Crippen LogP contribution in [0.25, 0.3) is 0 Å². The Balaban J connectivity index is 2.26. The van der Waals surface area contributed by atoms with Crippen LogP contribution in [0.3, 0.4) is 0 Å². The third kappa shape index (κ3) is 3.31. The molecule has 0 bridgehead atoms. The van der Waals surface area contributed by atoms with E-state index in [9.17, 15) is 9.90 Å². The van der Waals surface area contributed by atoms with E-state index in [0.717, 1.165) is 19.5 Å². The zero-order chi connectivity index (χ0) is 13.7. The number of hydrogen-bond donors (Lipinski definition) is 2. The number of hydrazone groups is 1. The van der Waals surface area contributed by atoms with Gasteiger partial charge in [0.1, 0.15) is 0 Å². The number of nitrogens with one attached hydrogen (secondary N) is 1. The van der Waals surface area contributed by atoms with Crippen LogP contribution in [0.2, 0.25) is 0 Å². The summed E-state index contributed by atoms with van der Waals surface area (Å²) in [5.74, 6) is -0.463. The lowest BCUT2D eigenvalue weighted by molar-refractivity contribution is -0.129. The largest absolute Gasteiger partial charge is 0.476 e. The fourth-order valence-corrected chi connectivity index (χ4v) is 1.75. The van der Waals surface area contributed by atoms with Crippen molar-refractivity contribution in [2.24, 2.45) is 10.1 Å². The zero-order valence-electron chi connectivity index (χ0n) is 10.7. The standard InChI is InChI=1S/C13H16N4O2/c1-17(13-14-8-5-9-15-13)16-11(12(18)19)10-6-3-2-4-7-10/h2-4,6-7H,5,8-9H2,1H3,(H,14,15)(H,18,19)/b16-11-. The van der Waals surface area contributed by atoms with Gasteiger partial charge in [0, 0.05) is 25.7 Å². The Hall–Kier alpha value is -2.37. The predicted octanol–water partition coefficient (Wildman–Crippen LogP) is 0.756. The molecular formula is C13H16N4O2. The van der Waals surface area contributed by atoms with Gasteiger partial charge in [-0.3, -0.25) is 4.99 Å². The highest BCUT2D eigenvalue weighted by molar-refractivity contribution is 6.42. The van der Waals surface area contributed by atoms with E-state index in [0.29, 0.717) is 11.5 Å². The number of carbonyl (C=O) groups is 1. The fraction of sp³-hybridized carbons (Fsp3) is 0.308. The Bertz CT molecular complexity index is 511. The summed E-state index contributed by atoms with van der Waals surface area (Å²) in [6.45, 7) is 1.56. The molecule has 2 rings (SSSR count). The van der Waals surface area contributed by atoms with Crippen molar-refractivity contribution in [1.29, 1.82) is 0 Å². The lowest BCUT2D eigenvalue weighted by Crippen LogP contribution is -2.40. The van der Waals surface area contributed by atoms with Gasteiger partial charge >= 0.3 is 5.97 Å². The Labute approximate surface area is 111 Å². The highest BCUT2D eigenvalue weighted by atomic mass is 16.4. The molecule has 1 aromatic rings. The first-order valence-electron chi connectivity index (χ1n) is 6.08. The molecule has 0 saturated heterocycles. The number of guanidine groups is 1. The van der Waals surface area contributed by atoms with Gasteiger partial charge in [0.15, 0.2) is 5.71 Å². The van der Waals surface area contributed by atoms with Gasteiger partial charge in [-0.25, -0.2) is 9.80 Å². The van der Waals surface area contributed by atoms with Gasteiger partial charge in [-0.2, -0.15) is 5.10 Å². The van der Waals surface area contributed by atoms with Gasteiger partial charge < -0.3 is 10.4 Å². The van der Waals surface area contributed by atoms with Gasteiger partial charge in [0.05, 0.1) is 0 Å². The fourth-order valence-electron chi connectivity index (χ4n) is 1.75. The number of benzene rings is 1. The summed E-state index contributed by atoms with van der Waals surface area (Å²) in [7, 11) is 1.68. The maximum absolute atomic E-state index is 11.3. The van der Waals surface area contributed by atoms with E-state index in [1.165, 1.54) is 5.01 Å². The normalized spacial score (nSPS) is 15.4. The summed E-state index contributed by atoms with van der Waals surface area (Å²) in [6, 6.07) is 8.83. The molecule has 1 aliphatic heterocycles. The van der Waals surface area contributed by atoms with Crippen LogP contribution in [-0.2, 0) is 4.79 Å². The Morgan fingerprint density at radius 3 is 2.74 bits per heavy atom. The van der Waals surface area contributed by atoms with Crippen LogP contribution in [0.4, 0.5) is 0 Å². The molecule has 0 spiro atoms. The molecule has 0 aliphatic carbocycles. The van der Waals surface area contributed by atoms with Crippen LogP contribution in [0.5, 0.6) is 0 Å². The number of rotatable bonds is 3. The number of carboxylic acids is 1. The molecule has 6 nitrogen and oxygen atoms in total. The number of hydrogen-bond acceptors (Lipinski definition) is 5. The quantitative estimate of drug-likeness (QED) is 0.621. The topological polar surface area (TPSA) is 77.3 Å². The van der Waals surface area contributed by atoms with Crippen LogP contribution in [-0.4, -0.2) is 47.9 Å². The van der Waals surface area contributed by atoms with Crippen LogP contribution in [0, 0.1) is 0 Å². The molecule has 0 radical (unpaired) electrons. The van der Waals surface area contributed by atoms with E-state index >= 15 is 0 Å². The monoisotopic (exact) mass is 260 g/mol. The summed E-state index contributed by atoms with van der Waals surface area (Å²) in [6.07, 6.45) is 0.978. The molecule has 100 valence electrons. The summed E-state index contributed by atoms with van der Waals surface area (Å²) >= 11 is 0. The summed E-state index contributed by atoms with van der Waals surface area (Å²) in [5.41, 5.74) is 0.566. The molecule has 1 heterocycles. The molecule has 0 unspecified atom stereocenters. The molecule has 19 heavy (non-hydrogen) atoms. The maximum Gasteiger partial charge on any atom is 0.356 e. The van der Waals surface area contributed by atoms with E-state index in [1.807, 2.05) is 6.07 Å². The SMILES string of the molecule is CN(/N=C(\C(=O)O)c1ccccc1)C1=NCCCN1. The molecule has 1 aliphatic rings. The first kappa shape index (κ1) is 13.1. The molecule has 6 heteroatoms. The summed E-state index contributed by atoms with van der Waals surface area (Å²) < 4.78 is 0. The molecule has 1 aromatic carbocycles. The van der Waals surface area contributed by atoms with E-state index in [2.05, 4.69) is 15.4 Å². The highest BCUT2D eigenvalue weighted by Gasteiger charge is 2.16. The smallest absolute Gasteiger partial charge is 0.356 e. The van der Waals surface area contributed by atoms with Crippen molar-refractivity contribution in [2.75, 3.05) is 20.1 Å². The third-order valence-corrected chi connectivity index (χ3v) is 2.69. The van der Waals surface area contributed by atoms with Crippen molar-refractivity contribution in [3.8, 4) is 0 Å². The average molecular weight is 260 g/mol. The minimum atomic E-state index is -1.06. The second-order valence-corrected chi connectivity index (χ2v) is 4.13. The second-order valence-electron chi connectivity index (χ2n) is 4.13. The Kier molecular flexibility index (Phi) is 4.12. The Morgan fingerprint density at radius 2 is 2.16 bits per heavy atom. The van der Waals surface area contributed by atoms with Crippen LogP contribution in [0.15, 0.2) is 40.4 Å². The lowest BCUT2D eigenvalue weighted by atomic mass is 10.1. The summed E-state index contributed by atoms with van der Waals surface area (Å²) in [4.78, 5) is 15.6. The van der Waals surface area contributed by atoms with Crippen molar-refractivity contribution < 1.29 is 9.90 Å². The molecule has 0 saturated carbocycles. The lowest BCUT2D eigenvalue weighted by Gasteiger charge is -2.21. The number of carboxylic acid groups (broad SMARTS) is 1. The average Bonchev–Trinajstić information content (AvgIpc) is 2.46. The second kappa shape index (κ2) is 5.99. The van der Waals surface area contributed by atoms with E-state index in [1.54, 1.807) is 31.3 Å². The van der Waals surface area contributed by atoms with Gasteiger partial charge in [-0.05, 0) is 6.42 Å². The first-order chi connectivity index (χ1) is 9.18. The van der Waals surface area contributed by atoms with Gasteiger partial charge in [-0.15, -0.1) is 0 Å². The van der Waals surface area contributed by atoms with E-state index in [-0.39, 0.29) is 5.71 Å². The summed E-state index contributed by atoms with van der Waals surface area (Å²) in [5, 5.41) is 17.9. The molecular weight excluding hydrogens is 244 g/mol. The molecule has 0 fully saturated rings. The minimum absolute atomic E-state index is 0.00169. The van der Waals surface area contributed by atoms with Gasteiger partial charge in [0.25, 0.3) is 0 Å². The van der Waals surface area contributed by atoms with Gasteiger partial charge in [0.2, 0.25) is 5.96 Å². The van der Waals surface area contributed by atoms with Crippen molar-refractivity contribution in [3.63, 3.8) is 0 Å². The van der Waals surface area contributed by atoms with Crippen molar-refractivity contribution in [1.82, 2.24) is 10.3 Å². The number of aliphatic imine (C=N–C) groups is 1. The number of nitrogens with zero attached hydrogens (tertiary/aromatic N) is 3.